The minimum Gasteiger partial charge on any atom is -0.493 e. The lowest BCUT2D eigenvalue weighted by Crippen LogP contribution is -2.30. The summed E-state index contributed by atoms with van der Waals surface area (Å²) >= 11 is 1.59. The first-order valence-corrected chi connectivity index (χ1v) is 10.9. The normalized spacial score (nSPS) is 15.8. The van der Waals surface area contributed by atoms with Gasteiger partial charge in [0.25, 0.3) is 11.5 Å². The third-order valence-electron chi connectivity index (χ3n) is 5.41. The number of rotatable bonds is 6. The van der Waals surface area contributed by atoms with Crippen LogP contribution in [0.5, 0.6) is 11.5 Å². The van der Waals surface area contributed by atoms with Crippen LogP contribution in [0.3, 0.4) is 0 Å². The molecule has 1 aliphatic rings. The fourth-order valence-electron chi connectivity index (χ4n) is 3.78. The van der Waals surface area contributed by atoms with Crippen LogP contribution < -0.4 is 20.5 Å². The molecule has 1 amide bonds. The van der Waals surface area contributed by atoms with Crippen molar-refractivity contribution in [3.8, 4) is 11.5 Å². The van der Waals surface area contributed by atoms with E-state index in [0.717, 1.165) is 35.2 Å². The van der Waals surface area contributed by atoms with Crippen LogP contribution in [0.1, 0.15) is 29.3 Å². The molecule has 0 saturated heterocycles. The molecule has 0 fully saturated rings. The molecule has 1 aliphatic carbocycles. The number of nitrogens with zero attached hydrogens (tertiary/aromatic N) is 3. The number of aryl methyl sites for hydroxylation is 1. The van der Waals surface area contributed by atoms with Gasteiger partial charge >= 0.3 is 0 Å². The Bertz CT molecular complexity index is 1210. The van der Waals surface area contributed by atoms with Crippen molar-refractivity contribution in [1.29, 1.82) is 0 Å². The van der Waals surface area contributed by atoms with E-state index in [-0.39, 0.29) is 12.1 Å². The number of carbonyl (C=O) groups is 1. The topological polar surface area (TPSA) is 94.8 Å². The van der Waals surface area contributed by atoms with E-state index >= 15 is 0 Å². The van der Waals surface area contributed by atoms with Gasteiger partial charge < -0.3 is 9.47 Å². The first kappa shape index (κ1) is 21.0. The summed E-state index contributed by atoms with van der Waals surface area (Å²) < 4.78 is 11.8. The highest BCUT2D eigenvalue weighted by molar-refractivity contribution is 7.18. The maximum atomic E-state index is 13.0. The largest absolute Gasteiger partial charge is 0.493 e. The van der Waals surface area contributed by atoms with E-state index in [4.69, 9.17) is 9.47 Å². The molecule has 0 bridgehead atoms. The third kappa shape index (κ3) is 4.32. The standard InChI is InChI=1S/C22H24N4O4S/c1-13-4-6-15-18(8-13)31-21-20(15)22(28)26(12-23-21)11-19(27)25-24-10-14-5-7-16(29-2)17(9-14)30-3/h5,7,9-10,12-13H,4,6,8,11H2,1-3H3,(H,25,27)/t13-/m1/s1. The van der Waals surface area contributed by atoms with Crippen LogP contribution >= 0.6 is 11.3 Å². The molecule has 162 valence electrons. The number of hydrogen-bond donors (Lipinski definition) is 1. The number of methoxy groups -OCH3 is 2. The fraction of sp³-hybridized carbons (Fsp3) is 0.364. The van der Waals surface area contributed by atoms with Gasteiger partial charge in [0.1, 0.15) is 11.4 Å². The summed E-state index contributed by atoms with van der Waals surface area (Å²) in [6, 6.07) is 5.29. The van der Waals surface area contributed by atoms with Gasteiger partial charge in [-0.05, 0) is 54.5 Å². The Hall–Kier alpha value is -3.20. The molecule has 0 aliphatic heterocycles. The second-order valence-corrected chi connectivity index (χ2v) is 8.70. The molecule has 8 nitrogen and oxygen atoms in total. The lowest BCUT2D eigenvalue weighted by molar-refractivity contribution is -0.121. The zero-order valence-electron chi connectivity index (χ0n) is 17.7. The van der Waals surface area contributed by atoms with Crippen molar-refractivity contribution < 1.29 is 14.3 Å². The molecule has 0 saturated carbocycles. The summed E-state index contributed by atoms with van der Waals surface area (Å²) in [4.78, 5) is 31.8. The maximum Gasteiger partial charge on any atom is 0.262 e. The second-order valence-electron chi connectivity index (χ2n) is 7.62. The number of hydrazone groups is 1. The average Bonchev–Trinajstić information content (AvgIpc) is 3.13. The van der Waals surface area contributed by atoms with Gasteiger partial charge in [-0.1, -0.05) is 6.92 Å². The number of carbonyl (C=O) groups excluding carboxylic acids is 1. The SMILES string of the molecule is COc1ccc(C=NNC(=O)Cn2cnc3sc4c(c3c2=O)CC[C@@H](C)C4)cc1OC. The van der Waals surface area contributed by atoms with Crippen LogP contribution in [-0.4, -0.2) is 35.9 Å². The Kier molecular flexibility index (Phi) is 6.03. The first-order valence-electron chi connectivity index (χ1n) is 10.0. The second kappa shape index (κ2) is 8.89. The number of ether oxygens (including phenoxy) is 2. The van der Waals surface area contributed by atoms with Crippen LogP contribution in [0.25, 0.3) is 10.2 Å². The van der Waals surface area contributed by atoms with Crippen molar-refractivity contribution in [2.75, 3.05) is 14.2 Å². The van der Waals surface area contributed by atoms with Crippen LogP contribution in [-0.2, 0) is 24.2 Å². The molecule has 9 heteroatoms. The zero-order chi connectivity index (χ0) is 22.0. The van der Waals surface area contributed by atoms with Gasteiger partial charge in [-0.25, -0.2) is 10.4 Å². The molecular formula is C22H24N4O4S. The predicted molar refractivity (Wildman–Crippen MR) is 120 cm³/mol. The first-order chi connectivity index (χ1) is 15.0. The molecule has 1 atom stereocenters. The summed E-state index contributed by atoms with van der Waals surface area (Å²) in [5.74, 6) is 1.39. The number of nitrogens with one attached hydrogen (secondary N) is 1. The van der Waals surface area contributed by atoms with E-state index in [2.05, 4.69) is 22.4 Å². The lowest BCUT2D eigenvalue weighted by Gasteiger charge is -2.17. The molecular weight excluding hydrogens is 416 g/mol. The average molecular weight is 441 g/mol. The lowest BCUT2D eigenvalue weighted by atomic mass is 9.89. The molecule has 0 unspecified atom stereocenters. The van der Waals surface area contributed by atoms with Crippen LogP contribution in [0.15, 0.2) is 34.4 Å². The Balaban J connectivity index is 1.47. The van der Waals surface area contributed by atoms with E-state index in [1.165, 1.54) is 22.0 Å². The maximum absolute atomic E-state index is 13.0. The Morgan fingerprint density at radius 2 is 2.16 bits per heavy atom. The minimum absolute atomic E-state index is 0.147. The fourth-order valence-corrected chi connectivity index (χ4v) is 5.12. The van der Waals surface area contributed by atoms with Gasteiger partial charge in [0.15, 0.2) is 11.5 Å². The smallest absolute Gasteiger partial charge is 0.262 e. The van der Waals surface area contributed by atoms with Gasteiger partial charge in [-0.2, -0.15) is 5.10 Å². The molecule has 3 aromatic rings. The van der Waals surface area contributed by atoms with Crippen molar-refractivity contribution in [2.45, 2.75) is 32.7 Å². The van der Waals surface area contributed by atoms with E-state index in [9.17, 15) is 9.59 Å². The Morgan fingerprint density at radius 1 is 1.35 bits per heavy atom. The Morgan fingerprint density at radius 3 is 2.94 bits per heavy atom. The van der Waals surface area contributed by atoms with Crippen LogP contribution in [0.4, 0.5) is 0 Å². The highest BCUT2D eigenvalue weighted by Gasteiger charge is 2.23. The van der Waals surface area contributed by atoms with Crippen molar-refractivity contribution in [3.05, 3.63) is 50.9 Å². The van der Waals surface area contributed by atoms with Gasteiger partial charge in [-0.15, -0.1) is 11.3 Å². The summed E-state index contributed by atoms with van der Waals surface area (Å²) in [6.45, 7) is 2.08. The number of fused-ring (bicyclic) bond motifs is 3. The molecule has 2 heterocycles. The number of aromatic nitrogens is 2. The van der Waals surface area contributed by atoms with Gasteiger partial charge in [0, 0.05) is 4.88 Å². The van der Waals surface area contributed by atoms with Gasteiger partial charge in [0.05, 0.1) is 32.1 Å². The Labute approximate surface area is 183 Å². The zero-order valence-corrected chi connectivity index (χ0v) is 18.5. The molecule has 1 N–H and O–H groups in total. The highest BCUT2D eigenvalue weighted by Crippen LogP contribution is 2.35. The summed E-state index contributed by atoms with van der Waals surface area (Å²) in [7, 11) is 3.11. The highest BCUT2D eigenvalue weighted by atomic mass is 32.1. The van der Waals surface area contributed by atoms with E-state index in [1.807, 2.05) is 0 Å². The number of amides is 1. The van der Waals surface area contributed by atoms with E-state index < -0.39 is 5.91 Å². The van der Waals surface area contributed by atoms with Crippen molar-refractivity contribution >= 4 is 33.7 Å². The summed E-state index contributed by atoms with van der Waals surface area (Å²) in [6.07, 6.45) is 5.88. The third-order valence-corrected chi connectivity index (χ3v) is 6.57. The predicted octanol–water partition coefficient (Wildman–Crippen LogP) is 2.75. The number of benzene rings is 1. The molecule has 0 spiro atoms. The van der Waals surface area contributed by atoms with Crippen molar-refractivity contribution in [2.24, 2.45) is 11.0 Å². The minimum atomic E-state index is -0.405. The molecule has 1 aromatic carbocycles. The monoisotopic (exact) mass is 440 g/mol. The van der Waals surface area contributed by atoms with Gasteiger partial charge in [0.2, 0.25) is 0 Å². The molecule has 4 rings (SSSR count). The number of hydrogen-bond acceptors (Lipinski definition) is 7. The molecule has 0 radical (unpaired) electrons. The number of thiophene rings is 1. The van der Waals surface area contributed by atoms with Crippen molar-refractivity contribution in [3.63, 3.8) is 0 Å². The van der Waals surface area contributed by atoms with Crippen LogP contribution in [0.2, 0.25) is 0 Å². The van der Waals surface area contributed by atoms with Gasteiger partial charge in [-0.3, -0.25) is 14.2 Å². The molecule has 31 heavy (non-hydrogen) atoms. The van der Waals surface area contributed by atoms with Crippen molar-refractivity contribution in [1.82, 2.24) is 15.0 Å². The summed E-state index contributed by atoms with van der Waals surface area (Å²) in [5, 5.41) is 4.64. The van der Waals surface area contributed by atoms with Crippen LogP contribution in [0, 0.1) is 5.92 Å². The van der Waals surface area contributed by atoms with E-state index in [1.54, 1.807) is 43.8 Å². The molecule has 2 aromatic heterocycles. The quantitative estimate of drug-likeness (QED) is 0.470. The summed E-state index contributed by atoms with van der Waals surface area (Å²) in [5.41, 5.74) is 4.13. The van der Waals surface area contributed by atoms with E-state index in [0.29, 0.717) is 22.8 Å².